The van der Waals surface area contributed by atoms with E-state index in [9.17, 15) is 14.9 Å². The number of carbonyl (C=O) groups excluding carboxylic acids is 1. The van der Waals surface area contributed by atoms with Gasteiger partial charge in [-0.05, 0) is 102 Å². The monoisotopic (exact) mass is 713 g/mol. The number of nitrogens with zero attached hydrogens (tertiary/aromatic N) is 2. The summed E-state index contributed by atoms with van der Waals surface area (Å²) in [6.45, 7) is 0.427. The summed E-state index contributed by atoms with van der Waals surface area (Å²) in [7, 11) is 0. The van der Waals surface area contributed by atoms with E-state index in [1.807, 2.05) is 36.4 Å². The highest BCUT2D eigenvalue weighted by molar-refractivity contribution is 14.1. The third kappa shape index (κ3) is 6.01. The molecule has 1 amide bonds. The Bertz CT molecular complexity index is 1400. The predicted octanol–water partition coefficient (Wildman–Crippen LogP) is 7.28. The highest BCUT2D eigenvalue weighted by atomic mass is 127. The van der Waals surface area contributed by atoms with Crippen LogP contribution in [-0.2, 0) is 6.61 Å². The number of hydrazone groups is 1. The van der Waals surface area contributed by atoms with E-state index in [-0.39, 0.29) is 5.69 Å². The SMILES string of the molecule is O=C(N/N=C\c1cc(Br)c(OCc2ccc(I)cc2)c(Br)c1)c1cc2cc([N+](=O)[O-])ccc2s1. The first-order valence-electron chi connectivity index (χ1n) is 9.68. The van der Waals surface area contributed by atoms with Gasteiger partial charge in [0.15, 0.2) is 0 Å². The number of nitro groups is 1. The maximum absolute atomic E-state index is 12.5. The van der Waals surface area contributed by atoms with E-state index in [1.165, 1.54) is 29.7 Å². The van der Waals surface area contributed by atoms with Crippen molar-refractivity contribution in [2.24, 2.45) is 5.10 Å². The second-order valence-electron chi connectivity index (χ2n) is 7.02. The van der Waals surface area contributed by atoms with Crippen LogP contribution >= 0.6 is 65.8 Å². The molecule has 0 fully saturated rings. The lowest BCUT2D eigenvalue weighted by molar-refractivity contribution is -0.384. The van der Waals surface area contributed by atoms with Crippen LogP contribution in [0.4, 0.5) is 5.69 Å². The van der Waals surface area contributed by atoms with Crippen LogP contribution in [-0.4, -0.2) is 17.0 Å². The molecule has 0 spiro atoms. The highest BCUT2D eigenvalue weighted by Gasteiger charge is 2.13. The number of fused-ring (bicyclic) bond motifs is 1. The Morgan fingerprint density at radius 2 is 1.82 bits per heavy atom. The summed E-state index contributed by atoms with van der Waals surface area (Å²) in [4.78, 5) is 23.4. The second kappa shape index (κ2) is 10.9. The molecule has 34 heavy (non-hydrogen) atoms. The van der Waals surface area contributed by atoms with Gasteiger partial charge in [0.05, 0.1) is 25.0 Å². The first-order chi connectivity index (χ1) is 16.3. The zero-order valence-electron chi connectivity index (χ0n) is 17.1. The van der Waals surface area contributed by atoms with Gasteiger partial charge in [0.1, 0.15) is 12.4 Å². The molecule has 7 nitrogen and oxygen atoms in total. The smallest absolute Gasteiger partial charge is 0.281 e. The zero-order chi connectivity index (χ0) is 24.2. The van der Waals surface area contributed by atoms with Gasteiger partial charge >= 0.3 is 0 Å². The zero-order valence-corrected chi connectivity index (χ0v) is 23.3. The molecule has 1 aromatic heterocycles. The van der Waals surface area contributed by atoms with Crippen LogP contribution in [0.2, 0.25) is 0 Å². The minimum Gasteiger partial charge on any atom is -0.487 e. The number of rotatable bonds is 7. The summed E-state index contributed by atoms with van der Waals surface area (Å²) in [5.41, 5.74) is 4.28. The molecule has 0 bridgehead atoms. The van der Waals surface area contributed by atoms with Crippen LogP contribution < -0.4 is 10.2 Å². The van der Waals surface area contributed by atoms with Crippen LogP contribution in [0, 0.1) is 13.7 Å². The van der Waals surface area contributed by atoms with Gasteiger partial charge in [-0.2, -0.15) is 5.10 Å². The number of non-ortho nitro benzene ring substituents is 1. The minimum atomic E-state index is -0.462. The van der Waals surface area contributed by atoms with Gasteiger partial charge in [-0.3, -0.25) is 14.9 Å². The van der Waals surface area contributed by atoms with Crippen LogP contribution in [0.3, 0.4) is 0 Å². The molecule has 1 N–H and O–H groups in total. The Morgan fingerprint density at radius 3 is 2.50 bits per heavy atom. The Labute approximate surface area is 228 Å². The Balaban J connectivity index is 1.41. The number of amides is 1. The molecule has 0 unspecified atom stereocenters. The van der Waals surface area contributed by atoms with Crippen molar-refractivity contribution in [1.82, 2.24) is 5.43 Å². The van der Waals surface area contributed by atoms with Crippen LogP contribution in [0.25, 0.3) is 10.1 Å². The van der Waals surface area contributed by atoms with Gasteiger partial charge in [0.25, 0.3) is 11.6 Å². The van der Waals surface area contributed by atoms with E-state index >= 15 is 0 Å². The van der Waals surface area contributed by atoms with Gasteiger partial charge in [-0.25, -0.2) is 5.43 Å². The molecule has 11 heteroatoms. The van der Waals surface area contributed by atoms with E-state index in [4.69, 9.17) is 4.74 Å². The molecule has 1 heterocycles. The maximum Gasteiger partial charge on any atom is 0.281 e. The summed E-state index contributed by atoms with van der Waals surface area (Å²) in [6, 6.07) is 17.9. The molecule has 4 rings (SSSR count). The Morgan fingerprint density at radius 1 is 1.12 bits per heavy atom. The first kappa shape index (κ1) is 24.8. The van der Waals surface area contributed by atoms with E-state index in [0.717, 1.165) is 28.3 Å². The van der Waals surface area contributed by atoms with Crippen molar-refractivity contribution >= 4 is 93.7 Å². The minimum absolute atomic E-state index is 0.0163. The number of nitro benzene ring substituents is 1. The third-order valence-electron chi connectivity index (χ3n) is 4.63. The fourth-order valence-corrected chi connectivity index (χ4v) is 5.75. The first-order valence-corrected chi connectivity index (χ1v) is 13.2. The number of halogens is 3. The fourth-order valence-electron chi connectivity index (χ4n) is 3.00. The van der Waals surface area contributed by atoms with Crippen molar-refractivity contribution in [3.63, 3.8) is 0 Å². The second-order valence-corrected chi connectivity index (χ2v) is 11.1. The lowest BCUT2D eigenvalue weighted by Gasteiger charge is -2.11. The summed E-state index contributed by atoms with van der Waals surface area (Å²) >= 11 is 10.6. The Hall–Kier alpha value is -2.35. The predicted molar refractivity (Wildman–Crippen MR) is 149 cm³/mol. The molecule has 0 aliphatic rings. The van der Waals surface area contributed by atoms with Crippen molar-refractivity contribution < 1.29 is 14.5 Å². The van der Waals surface area contributed by atoms with Gasteiger partial charge in [0, 0.05) is 25.8 Å². The Kier molecular flexibility index (Phi) is 7.96. The van der Waals surface area contributed by atoms with Crippen LogP contribution in [0.5, 0.6) is 5.75 Å². The summed E-state index contributed by atoms with van der Waals surface area (Å²) in [6.07, 6.45) is 1.52. The fraction of sp³-hybridized carbons (Fsp3) is 0.0435. The van der Waals surface area contributed by atoms with E-state index in [2.05, 4.69) is 65.0 Å². The summed E-state index contributed by atoms with van der Waals surface area (Å²) in [5, 5.41) is 15.6. The van der Waals surface area contributed by atoms with Gasteiger partial charge in [-0.1, -0.05) is 12.1 Å². The molecule has 3 aromatic carbocycles. The number of ether oxygens (including phenoxy) is 1. The van der Waals surface area contributed by atoms with E-state index in [1.54, 1.807) is 12.1 Å². The van der Waals surface area contributed by atoms with Crippen molar-refractivity contribution in [1.29, 1.82) is 0 Å². The highest BCUT2D eigenvalue weighted by Crippen LogP contribution is 2.35. The molecule has 4 aromatic rings. The van der Waals surface area contributed by atoms with Crippen LogP contribution in [0.15, 0.2) is 74.7 Å². The normalized spacial score (nSPS) is 11.1. The lowest BCUT2D eigenvalue weighted by Crippen LogP contribution is -2.16. The molecule has 172 valence electrons. The van der Waals surface area contributed by atoms with Gasteiger partial charge < -0.3 is 4.74 Å². The van der Waals surface area contributed by atoms with Crippen molar-refractivity contribution in [3.05, 3.63) is 99.3 Å². The van der Waals surface area contributed by atoms with Crippen LogP contribution in [0.1, 0.15) is 20.8 Å². The average molecular weight is 715 g/mol. The molecular formula is C23H14Br2IN3O4S. The molecule has 0 saturated carbocycles. The van der Waals surface area contributed by atoms with Gasteiger partial charge in [0.2, 0.25) is 0 Å². The number of hydrogen-bond acceptors (Lipinski definition) is 6. The van der Waals surface area contributed by atoms with Crippen molar-refractivity contribution in [2.45, 2.75) is 6.61 Å². The maximum atomic E-state index is 12.5. The van der Waals surface area contributed by atoms with Gasteiger partial charge in [-0.15, -0.1) is 11.3 Å². The van der Waals surface area contributed by atoms with Crippen molar-refractivity contribution in [3.8, 4) is 5.75 Å². The van der Waals surface area contributed by atoms with E-state index < -0.39 is 10.8 Å². The lowest BCUT2D eigenvalue weighted by atomic mass is 10.2. The molecule has 0 atom stereocenters. The molecule has 0 aliphatic heterocycles. The molecule has 0 saturated heterocycles. The topological polar surface area (TPSA) is 93.8 Å². The summed E-state index contributed by atoms with van der Waals surface area (Å²) < 4.78 is 9.38. The molecule has 0 radical (unpaired) electrons. The number of nitrogens with one attached hydrogen (secondary N) is 1. The number of carbonyl (C=O) groups is 1. The number of hydrogen-bond donors (Lipinski definition) is 1. The van der Waals surface area contributed by atoms with E-state index in [0.29, 0.717) is 22.6 Å². The number of benzene rings is 3. The number of thiophene rings is 1. The average Bonchev–Trinajstić information content (AvgIpc) is 3.23. The third-order valence-corrected chi connectivity index (χ3v) is 7.64. The van der Waals surface area contributed by atoms with Crippen molar-refractivity contribution in [2.75, 3.05) is 0 Å². The quantitative estimate of drug-likeness (QED) is 0.0943. The molecular weight excluding hydrogens is 701 g/mol. The standard InChI is InChI=1S/C23H14Br2IN3O4S/c24-18-7-14(8-19(25)22(18)33-12-13-1-3-16(26)4-2-13)11-27-28-23(30)21-10-15-9-17(29(31)32)5-6-20(15)34-21/h1-11H,12H2,(H,28,30)/b27-11-. The molecule has 0 aliphatic carbocycles. The summed E-state index contributed by atoms with van der Waals surface area (Å²) in [5.74, 6) is 0.273. The largest absolute Gasteiger partial charge is 0.487 e.